The third-order valence-electron chi connectivity index (χ3n) is 12.8. The van der Waals surface area contributed by atoms with E-state index in [0.717, 1.165) is 25.7 Å². The molecule has 0 aromatic heterocycles. The number of fused-ring (bicyclic) bond motifs is 5. The molecule has 0 aromatic carbocycles. The molecule has 10 nitrogen and oxygen atoms in total. The zero-order valence-electron chi connectivity index (χ0n) is 30.6. The summed E-state index contributed by atoms with van der Waals surface area (Å²) in [6.07, 6.45) is -1.91. The Bertz CT molecular complexity index is 1290. The molecule has 4 saturated carbocycles. The molecular formula is C37H54F3IO10. The van der Waals surface area contributed by atoms with Gasteiger partial charge >= 0.3 is 36.0 Å². The number of carbonyl (C=O) groups is 5. The fourth-order valence-corrected chi connectivity index (χ4v) is 11.2. The highest BCUT2D eigenvalue weighted by molar-refractivity contribution is 14.1. The van der Waals surface area contributed by atoms with Crippen molar-refractivity contribution in [3.8, 4) is 0 Å². The molecule has 0 aliphatic heterocycles. The van der Waals surface area contributed by atoms with Crippen LogP contribution >= 0.6 is 22.6 Å². The van der Waals surface area contributed by atoms with Gasteiger partial charge in [-0.2, -0.15) is 13.2 Å². The monoisotopic (exact) mass is 842 g/mol. The second-order valence-electron chi connectivity index (χ2n) is 15.8. The van der Waals surface area contributed by atoms with Crippen LogP contribution in [0.2, 0.25) is 0 Å². The second-order valence-corrected chi connectivity index (χ2v) is 16.7. The lowest BCUT2D eigenvalue weighted by atomic mass is 9.43. The molecule has 4 aliphatic carbocycles. The number of hydrogen-bond donors (Lipinski definition) is 0. The van der Waals surface area contributed by atoms with Gasteiger partial charge in [-0.3, -0.25) is 24.0 Å². The van der Waals surface area contributed by atoms with Gasteiger partial charge in [-0.05, 0) is 92.8 Å². The Morgan fingerprint density at radius 3 is 2.12 bits per heavy atom. The van der Waals surface area contributed by atoms with Gasteiger partial charge in [-0.25, -0.2) is 0 Å². The average molecular weight is 843 g/mol. The maximum Gasteiger partial charge on any atom is 0.426 e. The maximum atomic E-state index is 12.9. The summed E-state index contributed by atoms with van der Waals surface area (Å²) >= 11 is 1.51. The van der Waals surface area contributed by atoms with Crippen LogP contribution in [0.3, 0.4) is 0 Å². The van der Waals surface area contributed by atoms with E-state index in [1.807, 2.05) is 0 Å². The maximum absolute atomic E-state index is 12.9. The Labute approximate surface area is 312 Å². The molecule has 4 fully saturated rings. The Morgan fingerprint density at radius 1 is 0.843 bits per heavy atom. The molecule has 0 N–H and O–H groups in total. The number of carbonyl (C=O) groups excluding carboxylic acids is 5. The molecule has 290 valence electrons. The molecule has 4 unspecified atom stereocenters. The fourth-order valence-electron chi connectivity index (χ4n) is 10.5. The molecule has 0 amide bonds. The van der Waals surface area contributed by atoms with Gasteiger partial charge in [0.1, 0.15) is 18.3 Å². The summed E-state index contributed by atoms with van der Waals surface area (Å²) in [6, 6.07) is 0. The minimum Gasteiger partial charge on any atom is -0.466 e. The van der Waals surface area contributed by atoms with E-state index in [1.54, 1.807) is 0 Å². The summed E-state index contributed by atoms with van der Waals surface area (Å²) in [5, 5.41) is 0. The number of alkyl halides is 4. The molecule has 14 heteroatoms. The van der Waals surface area contributed by atoms with Crippen LogP contribution in [0.15, 0.2) is 0 Å². The zero-order valence-corrected chi connectivity index (χ0v) is 32.7. The molecule has 0 aromatic rings. The Balaban J connectivity index is 1.43. The topological polar surface area (TPSA) is 132 Å². The van der Waals surface area contributed by atoms with Crippen molar-refractivity contribution in [2.75, 3.05) is 11.0 Å². The van der Waals surface area contributed by atoms with Crippen LogP contribution in [-0.2, 0) is 47.7 Å². The van der Waals surface area contributed by atoms with Crippen molar-refractivity contribution in [3.63, 3.8) is 0 Å². The van der Waals surface area contributed by atoms with Gasteiger partial charge in [-0.1, -0.05) is 43.4 Å². The van der Waals surface area contributed by atoms with E-state index < -0.39 is 34.1 Å². The summed E-state index contributed by atoms with van der Waals surface area (Å²) in [5.41, 5.74) is -0.545. The first-order valence-electron chi connectivity index (χ1n) is 18.3. The smallest absolute Gasteiger partial charge is 0.426 e. The number of hydrogen-bond acceptors (Lipinski definition) is 10. The SMILES string of the molecule is CC(=O)OC1CC[C@@]2(C)[C@@H](C1)CC(OC(C)=O)[C@@H]1[C@@H]2CC(OC(C)=O)[C@]2(C)[C@@H]([C@@H](C)CCC(=O)OCCCC(=O)OC(CI)C(F)(F)F)CC[C@@H]12. The van der Waals surface area contributed by atoms with E-state index >= 15 is 0 Å². The molecule has 12 atom stereocenters. The zero-order chi connectivity index (χ0) is 37.9. The van der Waals surface area contributed by atoms with E-state index in [1.165, 1.54) is 43.4 Å². The van der Waals surface area contributed by atoms with Gasteiger partial charge in [0.25, 0.3) is 0 Å². The summed E-state index contributed by atoms with van der Waals surface area (Å²) in [7, 11) is 0. The van der Waals surface area contributed by atoms with Gasteiger partial charge < -0.3 is 23.7 Å². The van der Waals surface area contributed by atoms with Crippen LogP contribution in [0.25, 0.3) is 0 Å². The van der Waals surface area contributed by atoms with Crippen LogP contribution in [0.4, 0.5) is 13.2 Å². The molecule has 0 saturated heterocycles. The minimum absolute atomic E-state index is 0.0502. The second kappa shape index (κ2) is 16.9. The van der Waals surface area contributed by atoms with E-state index in [4.69, 9.17) is 18.9 Å². The van der Waals surface area contributed by atoms with Crippen LogP contribution in [0, 0.1) is 46.3 Å². The normalized spacial score (nSPS) is 35.6. The summed E-state index contributed by atoms with van der Waals surface area (Å²) in [5.74, 6) is -1.79. The largest absolute Gasteiger partial charge is 0.466 e. The number of halogens is 4. The van der Waals surface area contributed by atoms with E-state index in [-0.39, 0.29) is 103 Å². The van der Waals surface area contributed by atoms with Crippen LogP contribution < -0.4 is 0 Å². The van der Waals surface area contributed by atoms with E-state index in [0.29, 0.717) is 25.7 Å². The van der Waals surface area contributed by atoms with Crippen LogP contribution in [-0.4, -0.2) is 71.5 Å². The Hall–Kier alpha value is -2.13. The predicted molar refractivity (Wildman–Crippen MR) is 186 cm³/mol. The lowest BCUT2D eigenvalue weighted by Gasteiger charge is -2.64. The van der Waals surface area contributed by atoms with Gasteiger partial charge in [0.2, 0.25) is 6.10 Å². The molecule has 4 rings (SSSR count). The van der Waals surface area contributed by atoms with Gasteiger partial charge in [0.15, 0.2) is 0 Å². The van der Waals surface area contributed by atoms with E-state index in [2.05, 4.69) is 25.5 Å². The quantitative estimate of drug-likeness (QED) is 0.0612. The fraction of sp³-hybridized carbons (Fsp3) is 0.865. The van der Waals surface area contributed by atoms with Gasteiger partial charge in [-0.15, -0.1) is 0 Å². The highest BCUT2D eigenvalue weighted by atomic mass is 127. The van der Waals surface area contributed by atoms with Gasteiger partial charge in [0, 0.05) is 49.4 Å². The first-order chi connectivity index (χ1) is 23.8. The molecule has 4 aliphatic rings. The molecule has 0 heterocycles. The molecule has 0 spiro atoms. The Morgan fingerprint density at radius 2 is 1.51 bits per heavy atom. The van der Waals surface area contributed by atoms with Crippen molar-refractivity contribution in [2.24, 2.45) is 46.3 Å². The third kappa shape index (κ3) is 9.52. The van der Waals surface area contributed by atoms with Crippen LogP contribution in [0.5, 0.6) is 0 Å². The van der Waals surface area contributed by atoms with Crippen molar-refractivity contribution in [1.29, 1.82) is 0 Å². The first kappa shape index (κ1) is 41.6. The van der Waals surface area contributed by atoms with Crippen LogP contribution in [0.1, 0.15) is 112 Å². The van der Waals surface area contributed by atoms with Gasteiger partial charge in [0.05, 0.1) is 6.61 Å². The molecule has 0 radical (unpaired) electrons. The first-order valence-corrected chi connectivity index (χ1v) is 19.8. The summed E-state index contributed by atoms with van der Waals surface area (Å²) < 4.78 is 66.0. The highest BCUT2D eigenvalue weighted by Crippen LogP contribution is 2.69. The number of ether oxygens (including phenoxy) is 5. The van der Waals surface area contributed by atoms with Crippen molar-refractivity contribution < 1.29 is 60.8 Å². The minimum atomic E-state index is -4.64. The Kier molecular flexibility index (Phi) is 13.8. The van der Waals surface area contributed by atoms with Crippen molar-refractivity contribution in [3.05, 3.63) is 0 Å². The molecule has 0 bridgehead atoms. The summed E-state index contributed by atoms with van der Waals surface area (Å²) in [6.45, 7) is 10.8. The molecule has 51 heavy (non-hydrogen) atoms. The average Bonchev–Trinajstić information content (AvgIpc) is 3.38. The van der Waals surface area contributed by atoms with E-state index in [9.17, 15) is 37.1 Å². The lowest BCUT2D eigenvalue weighted by molar-refractivity contribution is -0.224. The lowest BCUT2D eigenvalue weighted by Crippen LogP contribution is -2.63. The van der Waals surface area contributed by atoms with Crippen molar-refractivity contribution >= 4 is 52.4 Å². The van der Waals surface area contributed by atoms with Crippen molar-refractivity contribution in [1.82, 2.24) is 0 Å². The third-order valence-corrected chi connectivity index (χ3v) is 13.6. The predicted octanol–water partition coefficient (Wildman–Crippen LogP) is 7.31. The number of rotatable bonds is 13. The highest BCUT2D eigenvalue weighted by Gasteiger charge is 2.67. The molecular weight excluding hydrogens is 788 g/mol. The summed E-state index contributed by atoms with van der Waals surface area (Å²) in [4.78, 5) is 61.4. The standard InChI is InChI=1S/C37H54F3IO10/c1-20(9-12-32(45)47-15-7-8-33(46)51-31(19-41)37(38,39)40)26-10-11-27-34-28(18-30(36(26,27)6)50-23(4)44)35(5)14-13-25(48-21(2)42)16-24(35)17-29(34)49-22(3)43/h20,24-31,34H,7-19H2,1-6H3/t20-,24-,25?,26+,27-,28-,29?,30?,31?,34-,35-,36+/m0/s1. The van der Waals surface area contributed by atoms with Crippen molar-refractivity contribution in [2.45, 2.75) is 143 Å². The number of esters is 5.